The highest BCUT2D eigenvalue weighted by Crippen LogP contribution is 2.57. The standard InChI is InChI=1S/C15H18F6O6S/c16-14(17,18)13(15(19,20)21,7-28(23,24)25)27-11(22)26-12-4-8-1-9(5-12)3-10(2-8)6-12/h8-10H,1-7H2,(H,23,24,25)/p-1. The van der Waals surface area contributed by atoms with E-state index in [9.17, 15) is 44.1 Å². The SMILES string of the molecule is O=C(OC12CC3CC(CC(C3)C1)C2)OC(CS(=O)(=O)[O-])(C(F)(F)F)C(F)(F)F. The van der Waals surface area contributed by atoms with E-state index in [-0.39, 0.29) is 17.8 Å². The van der Waals surface area contributed by atoms with Gasteiger partial charge in [0.2, 0.25) is 0 Å². The van der Waals surface area contributed by atoms with E-state index in [1.807, 2.05) is 0 Å². The summed E-state index contributed by atoms with van der Waals surface area (Å²) < 4.78 is 120. The van der Waals surface area contributed by atoms with Crippen molar-refractivity contribution in [2.24, 2.45) is 17.8 Å². The zero-order valence-corrected chi connectivity index (χ0v) is 15.1. The molecule has 0 amide bonds. The van der Waals surface area contributed by atoms with Crippen LogP contribution in [0.4, 0.5) is 31.1 Å². The van der Waals surface area contributed by atoms with Gasteiger partial charge in [-0.15, -0.1) is 0 Å². The highest BCUT2D eigenvalue weighted by Gasteiger charge is 2.75. The Morgan fingerprint density at radius 2 is 1.32 bits per heavy atom. The minimum atomic E-state index is -6.40. The normalized spacial score (nSPS) is 33.0. The van der Waals surface area contributed by atoms with Gasteiger partial charge >= 0.3 is 24.1 Å². The van der Waals surface area contributed by atoms with Crippen molar-refractivity contribution in [1.82, 2.24) is 0 Å². The maximum absolute atomic E-state index is 13.2. The number of alkyl halides is 6. The molecule has 4 aliphatic carbocycles. The molecule has 0 aliphatic heterocycles. The molecule has 0 N–H and O–H groups in total. The summed E-state index contributed by atoms with van der Waals surface area (Å²) in [7, 11) is -6.07. The molecule has 0 saturated heterocycles. The van der Waals surface area contributed by atoms with Crippen LogP contribution in [0.15, 0.2) is 0 Å². The van der Waals surface area contributed by atoms with Crippen LogP contribution in [0.5, 0.6) is 0 Å². The Bertz CT molecular complexity index is 694. The molecular formula is C15H17F6O6S-. The molecule has 0 spiro atoms. The third-order valence-electron chi connectivity index (χ3n) is 5.84. The summed E-state index contributed by atoms with van der Waals surface area (Å²) >= 11 is 0. The molecule has 4 saturated carbocycles. The van der Waals surface area contributed by atoms with E-state index >= 15 is 0 Å². The molecule has 28 heavy (non-hydrogen) atoms. The molecule has 0 atom stereocenters. The molecule has 0 heterocycles. The molecule has 4 bridgehead atoms. The van der Waals surface area contributed by atoms with Crippen molar-refractivity contribution in [3.63, 3.8) is 0 Å². The Hall–Kier alpha value is -1.24. The molecule has 162 valence electrons. The van der Waals surface area contributed by atoms with Gasteiger partial charge < -0.3 is 14.0 Å². The van der Waals surface area contributed by atoms with Gasteiger partial charge in [-0.05, 0) is 56.3 Å². The highest BCUT2D eigenvalue weighted by atomic mass is 32.2. The molecule has 0 radical (unpaired) electrons. The minimum Gasteiger partial charge on any atom is -0.748 e. The zero-order chi connectivity index (χ0) is 21.2. The lowest BCUT2D eigenvalue weighted by Gasteiger charge is -2.55. The number of carbonyl (C=O) groups is 1. The summed E-state index contributed by atoms with van der Waals surface area (Å²) in [6, 6.07) is 0. The largest absolute Gasteiger partial charge is 0.748 e. The van der Waals surface area contributed by atoms with Crippen LogP contribution < -0.4 is 0 Å². The highest BCUT2D eigenvalue weighted by molar-refractivity contribution is 7.85. The number of halogens is 6. The number of carbonyl (C=O) groups excluding carboxylic acids is 1. The Kier molecular flexibility index (Phi) is 4.89. The lowest BCUT2D eigenvalue weighted by molar-refractivity contribution is -0.361. The first-order valence-corrected chi connectivity index (χ1v) is 10.1. The molecule has 6 nitrogen and oxygen atoms in total. The van der Waals surface area contributed by atoms with Gasteiger partial charge in [0, 0.05) is 0 Å². The van der Waals surface area contributed by atoms with Crippen molar-refractivity contribution in [2.75, 3.05) is 5.75 Å². The average molecular weight is 439 g/mol. The minimum absolute atomic E-state index is 0.163. The van der Waals surface area contributed by atoms with Crippen LogP contribution in [0.3, 0.4) is 0 Å². The van der Waals surface area contributed by atoms with Gasteiger partial charge in [-0.25, -0.2) is 13.2 Å². The second-order valence-corrected chi connectivity index (χ2v) is 9.48. The number of rotatable bonds is 4. The van der Waals surface area contributed by atoms with Gasteiger partial charge in [-0.2, -0.15) is 26.3 Å². The van der Waals surface area contributed by atoms with Crippen LogP contribution in [0.25, 0.3) is 0 Å². The lowest BCUT2D eigenvalue weighted by atomic mass is 9.54. The molecular weight excluding hydrogens is 422 g/mol. The monoisotopic (exact) mass is 439 g/mol. The van der Waals surface area contributed by atoms with Gasteiger partial charge in [0.25, 0.3) is 0 Å². The van der Waals surface area contributed by atoms with Crippen molar-refractivity contribution in [3.05, 3.63) is 0 Å². The summed E-state index contributed by atoms with van der Waals surface area (Å²) in [6.45, 7) is 0. The van der Waals surface area contributed by atoms with Crippen molar-refractivity contribution in [1.29, 1.82) is 0 Å². The molecule has 0 aromatic carbocycles. The van der Waals surface area contributed by atoms with Crippen LogP contribution in [0.2, 0.25) is 0 Å². The number of hydrogen-bond acceptors (Lipinski definition) is 6. The first-order valence-electron chi connectivity index (χ1n) is 8.53. The van der Waals surface area contributed by atoms with E-state index in [0.717, 1.165) is 19.3 Å². The van der Waals surface area contributed by atoms with E-state index in [2.05, 4.69) is 4.74 Å². The van der Waals surface area contributed by atoms with Crippen molar-refractivity contribution in [3.8, 4) is 0 Å². The van der Waals surface area contributed by atoms with E-state index in [0.29, 0.717) is 19.3 Å². The van der Waals surface area contributed by atoms with E-state index in [4.69, 9.17) is 4.74 Å². The van der Waals surface area contributed by atoms with Gasteiger partial charge in [0.1, 0.15) is 5.60 Å². The Balaban J connectivity index is 1.85. The van der Waals surface area contributed by atoms with Gasteiger partial charge in [-0.1, -0.05) is 0 Å². The topological polar surface area (TPSA) is 92.7 Å². The Labute approximate surface area is 156 Å². The fourth-order valence-corrected chi connectivity index (χ4v) is 6.10. The van der Waals surface area contributed by atoms with E-state index < -0.39 is 45.6 Å². The fourth-order valence-electron chi connectivity index (χ4n) is 5.21. The maximum atomic E-state index is 13.2. The average Bonchev–Trinajstić information content (AvgIpc) is 2.39. The smallest absolute Gasteiger partial charge is 0.510 e. The summed E-state index contributed by atoms with van der Waals surface area (Å²) in [5.41, 5.74) is -6.72. The van der Waals surface area contributed by atoms with Gasteiger partial charge in [0.15, 0.2) is 0 Å². The van der Waals surface area contributed by atoms with E-state index in [1.165, 1.54) is 0 Å². The second-order valence-electron chi connectivity index (χ2n) is 8.08. The third-order valence-corrected chi connectivity index (χ3v) is 6.60. The summed E-state index contributed by atoms with van der Waals surface area (Å²) in [5.74, 6) is -2.54. The molecule has 0 aromatic rings. The Morgan fingerprint density at radius 1 is 0.929 bits per heavy atom. The molecule has 0 aromatic heterocycles. The van der Waals surface area contributed by atoms with Crippen molar-refractivity contribution < 1.29 is 53.6 Å². The van der Waals surface area contributed by atoms with Gasteiger partial charge in [0.05, 0.1) is 15.9 Å². The molecule has 4 fully saturated rings. The predicted octanol–water partition coefficient (Wildman–Crippen LogP) is 3.52. The maximum Gasteiger partial charge on any atom is 0.510 e. The lowest BCUT2D eigenvalue weighted by Crippen LogP contribution is -2.64. The number of hydrogen-bond donors (Lipinski definition) is 0. The van der Waals surface area contributed by atoms with Crippen LogP contribution in [-0.2, 0) is 19.6 Å². The molecule has 4 aliphatic rings. The third kappa shape index (κ3) is 3.91. The fraction of sp³-hybridized carbons (Fsp3) is 0.933. The molecule has 13 heteroatoms. The number of ether oxygens (including phenoxy) is 2. The van der Waals surface area contributed by atoms with Crippen molar-refractivity contribution >= 4 is 16.3 Å². The predicted molar refractivity (Wildman–Crippen MR) is 77.9 cm³/mol. The van der Waals surface area contributed by atoms with Crippen molar-refractivity contribution in [2.45, 2.75) is 62.1 Å². The van der Waals surface area contributed by atoms with Crippen LogP contribution in [0, 0.1) is 17.8 Å². The van der Waals surface area contributed by atoms with E-state index in [1.54, 1.807) is 0 Å². The summed E-state index contributed by atoms with van der Waals surface area (Å²) in [5, 5.41) is 0. The summed E-state index contributed by atoms with van der Waals surface area (Å²) in [4.78, 5) is 12.0. The summed E-state index contributed by atoms with van der Waals surface area (Å²) in [6.07, 6.45) is -11.6. The van der Waals surface area contributed by atoms with Crippen LogP contribution >= 0.6 is 0 Å². The second kappa shape index (κ2) is 6.38. The van der Waals surface area contributed by atoms with Gasteiger partial charge in [-0.3, -0.25) is 0 Å². The van der Waals surface area contributed by atoms with Crippen LogP contribution in [-0.4, -0.2) is 48.4 Å². The first kappa shape index (κ1) is 21.5. The zero-order valence-electron chi connectivity index (χ0n) is 14.3. The quantitative estimate of drug-likeness (QED) is 0.378. The Morgan fingerprint density at radius 3 is 1.64 bits per heavy atom. The molecule has 0 unspecified atom stereocenters. The van der Waals surface area contributed by atoms with Crippen LogP contribution in [0.1, 0.15) is 38.5 Å². The molecule has 4 rings (SSSR count). The first-order chi connectivity index (χ1) is 12.5.